The Morgan fingerprint density at radius 3 is 2.56 bits per heavy atom. The van der Waals surface area contributed by atoms with Crippen molar-refractivity contribution >= 4 is 50.0 Å². The van der Waals surface area contributed by atoms with Crippen LogP contribution in [-0.2, 0) is 16.1 Å². The molecule has 2 aromatic heterocycles. The van der Waals surface area contributed by atoms with Gasteiger partial charge in [-0.15, -0.1) is 11.3 Å². The Hall–Kier alpha value is -2.27. The van der Waals surface area contributed by atoms with E-state index in [-0.39, 0.29) is 16.8 Å². The first kappa shape index (κ1) is 19.1. The molecular weight excluding hydrogens is 416 g/mol. The van der Waals surface area contributed by atoms with Crippen molar-refractivity contribution in [2.45, 2.75) is 27.3 Å². The summed E-state index contributed by atoms with van der Waals surface area (Å²) < 4.78 is 6.20. The van der Waals surface area contributed by atoms with Crippen molar-refractivity contribution in [3.63, 3.8) is 0 Å². The minimum absolute atomic E-state index is 0.225. The number of nitrogens with one attached hydrogen (secondary N) is 1. The number of carbonyl (C=O) groups excluding carboxylic acids is 2. The zero-order chi connectivity index (χ0) is 18.9. The van der Waals surface area contributed by atoms with Gasteiger partial charge in [0, 0.05) is 4.88 Å². The van der Waals surface area contributed by atoms with E-state index in [2.05, 4.69) is 26.3 Å². The van der Waals surface area contributed by atoms with E-state index in [1.165, 1.54) is 23.1 Å². The number of carbonyl (C=O) groups is 2. The average molecular weight is 431 g/mol. The van der Waals surface area contributed by atoms with Gasteiger partial charge in [0.2, 0.25) is 5.91 Å². The molecule has 2 rings (SSSR count). The molecule has 0 spiro atoms. The van der Waals surface area contributed by atoms with Crippen LogP contribution < -0.4 is 5.32 Å². The number of nitro groups is 1. The van der Waals surface area contributed by atoms with Gasteiger partial charge in [0.05, 0.1) is 23.5 Å². The molecular formula is C14H15BrN4O5S. The quantitative estimate of drug-likeness (QED) is 0.442. The molecule has 1 amide bonds. The van der Waals surface area contributed by atoms with Gasteiger partial charge in [-0.2, -0.15) is 4.68 Å². The molecule has 2 heterocycles. The van der Waals surface area contributed by atoms with Gasteiger partial charge in [-0.05, 0) is 47.2 Å². The van der Waals surface area contributed by atoms with Gasteiger partial charge in [-0.3, -0.25) is 4.79 Å². The SMILES string of the molecule is COC(=O)c1c(NC(=O)Cn2nc([N+](=O)[O-])c(Br)c2C)sc(C)c1C. The molecule has 0 unspecified atom stereocenters. The summed E-state index contributed by atoms with van der Waals surface area (Å²) in [5, 5.41) is 17.7. The van der Waals surface area contributed by atoms with E-state index in [4.69, 9.17) is 4.74 Å². The predicted octanol–water partition coefficient (Wildman–Crippen LogP) is 2.97. The van der Waals surface area contributed by atoms with E-state index in [0.717, 1.165) is 10.4 Å². The number of ether oxygens (including phenoxy) is 1. The van der Waals surface area contributed by atoms with Gasteiger partial charge in [0.15, 0.2) is 0 Å². The third-order valence-corrected chi connectivity index (χ3v) is 5.66. The van der Waals surface area contributed by atoms with Crippen LogP contribution in [0.15, 0.2) is 4.47 Å². The molecule has 9 nitrogen and oxygen atoms in total. The number of nitrogens with zero attached hydrogens (tertiary/aromatic N) is 3. The van der Waals surface area contributed by atoms with E-state index >= 15 is 0 Å². The first-order chi connectivity index (χ1) is 11.7. The number of halogens is 1. The number of aryl methyl sites for hydroxylation is 1. The van der Waals surface area contributed by atoms with Gasteiger partial charge >= 0.3 is 11.8 Å². The highest BCUT2D eigenvalue weighted by Crippen LogP contribution is 2.33. The molecule has 2 aromatic rings. The maximum Gasteiger partial charge on any atom is 0.404 e. The summed E-state index contributed by atoms with van der Waals surface area (Å²) in [5.74, 6) is -1.35. The average Bonchev–Trinajstić information content (AvgIpc) is 2.97. The topological polar surface area (TPSA) is 116 Å². The number of anilines is 1. The number of aromatic nitrogens is 2. The summed E-state index contributed by atoms with van der Waals surface area (Å²) in [5.41, 5.74) is 1.50. The molecule has 0 aliphatic rings. The summed E-state index contributed by atoms with van der Waals surface area (Å²) in [6, 6.07) is 0. The molecule has 11 heteroatoms. The van der Waals surface area contributed by atoms with E-state index in [9.17, 15) is 19.7 Å². The molecule has 0 fully saturated rings. The number of hydrogen-bond acceptors (Lipinski definition) is 7. The third kappa shape index (κ3) is 3.71. The lowest BCUT2D eigenvalue weighted by Gasteiger charge is -2.06. The second kappa shape index (κ2) is 7.31. The Balaban J connectivity index is 2.25. The zero-order valence-electron chi connectivity index (χ0n) is 13.9. The largest absolute Gasteiger partial charge is 0.465 e. The summed E-state index contributed by atoms with van der Waals surface area (Å²) in [4.78, 5) is 35.4. The highest BCUT2D eigenvalue weighted by atomic mass is 79.9. The van der Waals surface area contributed by atoms with E-state index in [1.807, 2.05) is 6.92 Å². The fourth-order valence-electron chi connectivity index (χ4n) is 2.14. The third-order valence-electron chi connectivity index (χ3n) is 3.61. The van der Waals surface area contributed by atoms with Gasteiger partial charge in [0.1, 0.15) is 16.0 Å². The fourth-order valence-corrected chi connectivity index (χ4v) is 3.64. The molecule has 1 N–H and O–H groups in total. The highest BCUT2D eigenvalue weighted by Gasteiger charge is 2.26. The van der Waals surface area contributed by atoms with E-state index in [1.54, 1.807) is 13.8 Å². The number of rotatable bonds is 5. The number of esters is 1. The lowest BCUT2D eigenvalue weighted by atomic mass is 10.1. The van der Waals surface area contributed by atoms with Crippen LogP contribution in [0.1, 0.15) is 26.5 Å². The summed E-state index contributed by atoms with van der Waals surface area (Å²) >= 11 is 4.36. The van der Waals surface area contributed by atoms with Crippen LogP contribution in [0.4, 0.5) is 10.8 Å². The van der Waals surface area contributed by atoms with Crippen LogP contribution in [0.3, 0.4) is 0 Å². The minimum Gasteiger partial charge on any atom is -0.465 e. The summed E-state index contributed by atoms with van der Waals surface area (Å²) in [7, 11) is 1.27. The van der Waals surface area contributed by atoms with Crippen LogP contribution in [0.2, 0.25) is 0 Å². The van der Waals surface area contributed by atoms with Gasteiger partial charge < -0.3 is 20.2 Å². The second-order valence-electron chi connectivity index (χ2n) is 5.16. The molecule has 0 saturated heterocycles. The molecule has 0 atom stereocenters. The molecule has 0 saturated carbocycles. The van der Waals surface area contributed by atoms with E-state index < -0.39 is 16.8 Å². The second-order valence-corrected chi connectivity index (χ2v) is 7.18. The Morgan fingerprint density at radius 2 is 2.04 bits per heavy atom. The van der Waals surface area contributed by atoms with Crippen LogP contribution in [0.5, 0.6) is 0 Å². The van der Waals surface area contributed by atoms with Crippen molar-refractivity contribution in [3.05, 3.63) is 36.3 Å². The number of methoxy groups -OCH3 is 1. The van der Waals surface area contributed by atoms with Crippen molar-refractivity contribution < 1.29 is 19.2 Å². The van der Waals surface area contributed by atoms with Gasteiger partial charge in [0.25, 0.3) is 0 Å². The standard InChI is InChI=1S/C14H15BrN4O5S/c1-6-8(3)25-13(10(6)14(21)24-4)16-9(20)5-18-7(2)11(15)12(17-18)19(22)23/h5H2,1-4H3,(H,16,20). The highest BCUT2D eigenvalue weighted by molar-refractivity contribution is 9.10. The van der Waals surface area contributed by atoms with Crippen molar-refractivity contribution in [2.24, 2.45) is 0 Å². The first-order valence-corrected chi connectivity index (χ1v) is 8.63. The van der Waals surface area contributed by atoms with Crippen LogP contribution >= 0.6 is 27.3 Å². The summed E-state index contributed by atoms with van der Waals surface area (Å²) in [6.45, 7) is 4.98. The number of amides is 1. The fraction of sp³-hybridized carbons (Fsp3) is 0.357. The first-order valence-electron chi connectivity index (χ1n) is 7.02. The van der Waals surface area contributed by atoms with E-state index in [0.29, 0.717) is 16.3 Å². The van der Waals surface area contributed by atoms with Crippen LogP contribution in [-0.4, -0.2) is 33.7 Å². The predicted molar refractivity (Wildman–Crippen MR) is 95.1 cm³/mol. The molecule has 0 aliphatic heterocycles. The molecule has 25 heavy (non-hydrogen) atoms. The summed E-state index contributed by atoms with van der Waals surface area (Å²) in [6.07, 6.45) is 0. The zero-order valence-corrected chi connectivity index (χ0v) is 16.3. The molecule has 134 valence electrons. The molecule has 0 aliphatic carbocycles. The van der Waals surface area contributed by atoms with Crippen molar-refractivity contribution in [1.29, 1.82) is 0 Å². The van der Waals surface area contributed by atoms with Crippen molar-refractivity contribution in [1.82, 2.24) is 9.78 Å². The number of hydrogen-bond donors (Lipinski definition) is 1. The Kier molecular flexibility index (Phi) is 5.58. The van der Waals surface area contributed by atoms with Crippen molar-refractivity contribution in [3.8, 4) is 0 Å². The Morgan fingerprint density at radius 1 is 1.40 bits per heavy atom. The lowest BCUT2D eigenvalue weighted by Crippen LogP contribution is -2.21. The van der Waals surface area contributed by atoms with Gasteiger partial charge in [-0.25, -0.2) is 4.79 Å². The molecule has 0 radical (unpaired) electrons. The monoisotopic (exact) mass is 430 g/mol. The van der Waals surface area contributed by atoms with Crippen LogP contribution in [0.25, 0.3) is 0 Å². The molecule has 0 aromatic carbocycles. The van der Waals surface area contributed by atoms with Gasteiger partial charge in [-0.1, -0.05) is 0 Å². The van der Waals surface area contributed by atoms with Crippen LogP contribution in [0, 0.1) is 30.9 Å². The number of thiophene rings is 1. The lowest BCUT2D eigenvalue weighted by molar-refractivity contribution is -0.390. The van der Waals surface area contributed by atoms with Crippen molar-refractivity contribution in [2.75, 3.05) is 12.4 Å². The maximum atomic E-state index is 12.3. The molecule has 0 bridgehead atoms. The Bertz CT molecular complexity index is 873. The maximum absolute atomic E-state index is 12.3. The normalized spacial score (nSPS) is 10.6. The minimum atomic E-state index is -0.632. The smallest absolute Gasteiger partial charge is 0.404 e. The Labute approximate surface area is 155 Å².